The molecule has 2 aromatic heterocycles. The number of aryl methyl sites for hydroxylation is 1. The number of pyridine rings is 1. The van der Waals surface area contributed by atoms with Crippen LogP contribution >= 0.6 is 0 Å². The lowest BCUT2D eigenvalue weighted by atomic mass is 10.0. The van der Waals surface area contributed by atoms with E-state index in [1.54, 1.807) is 43.6 Å². The lowest BCUT2D eigenvalue weighted by molar-refractivity contribution is -0.116. The van der Waals surface area contributed by atoms with Crippen molar-refractivity contribution >= 4 is 17.6 Å². The van der Waals surface area contributed by atoms with Crippen LogP contribution in [0.15, 0.2) is 47.2 Å². The fourth-order valence-corrected chi connectivity index (χ4v) is 2.80. The second-order valence-electron chi connectivity index (χ2n) is 6.17. The van der Waals surface area contributed by atoms with E-state index in [1.807, 2.05) is 6.07 Å². The van der Waals surface area contributed by atoms with Gasteiger partial charge in [0, 0.05) is 30.1 Å². The molecule has 8 heteroatoms. The largest absolute Gasteiger partial charge is 0.449 e. The Balaban J connectivity index is 1.47. The van der Waals surface area contributed by atoms with E-state index in [0.29, 0.717) is 29.8 Å². The first-order chi connectivity index (χ1) is 13.1. The van der Waals surface area contributed by atoms with Crippen molar-refractivity contribution in [2.24, 2.45) is 0 Å². The number of hydrogen-bond donors (Lipinski definition) is 1. The minimum absolute atomic E-state index is 0.0211. The first kappa shape index (κ1) is 16.9. The van der Waals surface area contributed by atoms with Gasteiger partial charge in [0.25, 0.3) is 5.89 Å². The summed E-state index contributed by atoms with van der Waals surface area (Å²) in [5, 5.41) is 6.68. The first-order valence-corrected chi connectivity index (χ1v) is 8.48. The Morgan fingerprint density at radius 3 is 3.00 bits per heavy atom. The standard InChI is InChI=1S/C19H16N4O4/c1-11(18-22-17(23-27-18)14-3-2-8-20-10-14)26-19(25)13-4-6-15-12(9-13)5-7-16(24)21-15/h2-4,6,8-11H,5,7H2,1H3,(H,21,24)/t11-/m1/s1. The molecule has 1 aliphatic rings. The predicted molar refractivity (Wildman–Crippen MR) is 94.8 cm³/mol. The molecule has 1 aliphatic heterocycles. The van der Waals surface area contributed by atoms with E-state index >= 15 is 0 Å². The van der Waals surface area contributed by atoms with Gasteiger partial charge in [-0.3, -0.25) is 9.78 Å². The number of aromatic nitrogens is 3. The summed E-state index contributed by atoms with van der Waals surface area (Å²) in [5.41, 5.74) is 2.76. The molecule has 1 aromatic carbocycles. The van der Waals surface area contributed by atoms with Gasteiger partial charge in [-0.1, -0.05) is 5.16 Å². The van der Waals surface area contributed by atoms with Crippen LogP contribution in [0.1, 0.15) is 41.3 Å². The zero-order chi connectivity index (χ0) is 18.8. The zero-order valence-corrected chi connectivity index (χ0v) is 14.5. The minimum Gasteiger partial charge on any atom is -0.449 e. The van der Waals surface area contributed by atoms with Crippen molar-refractivity contribution in [2.45, 2.75) is 25.9 Å². The molecule has 4 rings (SSSR count). The Morgan fingerprint density at radius 2 is 2.19 bits per heavy atom. The van der Waals surface area contributed by atoms with E-state index in [2.05, 4.69) is 20.4 Å². The molecule has 1 amide bonds. The van der Waals surface area contributed by atoms with Gasteiger partial charge in [-0.25, -0.2) is 4.79 Å². The highest BCUT2D eigenvalue weighted by Gasteiger charge is 2.22. The predicted octanol–water partition coefficient (Wildman–Crippen LogP) is 2.93. The number of esters is 1. The van der Waals surface area contributed by atoms with Crippen LogP contribution in [-0.2, 0) is 16.0 Å². The first-order valence-electron chi connectivity index (χ1n) is 8.48. The van der Waals surface area contributed by atoms with Crippen LogP contribution in [0.5, 0.6) is 0 Å². The fraction of sp³-hybridized carbons (Fsp3) is 0.211. The number of carbonyl (C=O) groups excluding carboxylic acids is 2. The van der Waals surface area contributed by atoms with Crippen LogP contribution in [0.2, 0.25) is 0 Å². The minimum atomic E-state index is -0.703. The van der Waals surface area contributed by atoms with E-state index in [4.69, 9.17) is 9.26 Å². The van der Waals surface area contributed by atoms with E-state index in [1.165, 1.54) is 0 Å². The molecule has 0 radical (unpaired) electrons. The maximum Gasteiger partial charge on any atom is 0.338 e. The molecule has 3 heterocycles. The van der Waals surface area contributed by atoms with Gasteiger partial charge in [0.05, 0.1) is 5.56 Å². The van der Waals surface area contributed by atoms with Crippen LogP contribution in [0.3, 0.4) is 0 Å². The molecule has 0 fully saturated rings. The number of hydrogen-bond acceptors (Lipinski definition) is 7. The van der Waals surface area contributed by atoms with Crippen LogP contribution in [-0.4, -0.2) is 27.0 Å². The van der Waals surface area contributed by atoms with Gasteiger partial charge in [0.15, 0.2) is 6.10 Å². The van der Waals surface area contributed by atoms with Crippen LogP contribution < -0.4 is 5.32 Å². The van der Waals surface area contributed by atoms with Gasteiger partial charge >= 0.3 is 5.97 Å². The molecule has 0 saturated heterocycles. The molecule has 0 aliphatic carbocycles. The molecule has 0 spiro atoms. The van der Waals surface area contributed by atoms with Gasteiger partial charge in [-0.15, -0.1) is 0 Å². The lowest BCUT2D eigenvalue weighted by Crippen LogP contribution is -2.19. The maximum atomic E-state index is 12.4. The maximum absolute atomic E-state index is 12.4. The van der Waals surface area contributed by atoms with Crippen molar-refractivity contribution < 1.29 is 18.8 Å². The third kappa shape index (κ3) is 3.55. The number of amides is 1. The number of nitrogens with zero attached hydrogens (tertiary/aromatic N) is 3. The van der Waals surface area contributed by atoms with E-state index in [9.17, 15) is 9.59 Å². The third-order valence-electron chi connectivity index (χ3n) is 4.23. The second kappa shape index (κ2) is 6.99. The second-order valence-corrected chi connectivity index (χ2v) is 6.17. The molecule has 1 N–H and O–H groups in total. The summed E-state index contributed by atoms with van der Waals surface area (Å²) >= 11 is 0. The van der Waals surface area contributed by atoms with Crippen molar-refractivity contribution in [1.29, 1.82) is 0 Å². The Hall–Kier alpha value is -3.55. The van der Waals surface area contributed by atoms with E-state index < -0.39 is 12.1 Å². The number of ether oxygens (including phenoxy) is 1. The Kier molecular flexibility index (Phi) is 4.37. The molecule has 136 valence electrons. The quantitative estimate of drug-likeness (QED) is 0.709. The average molecular weight is 364 g/mol. The summed E-state index contributed by atoms with van der Waals surface area (Å²) in [6, 6.07) is 8.64. The fourth-order valence-electron chi connectivity index (χ4n) is 2.80. The monoisotopic (exact) mass is 364 g/mol. The average Bonchev–Trinajstić information content (AvgIpc) is 3.18. The molecule has 0 saturated carbocycles. The summed E-state index contributed by atoms with van der Waals surface area (Å²) in [5.74, 6) is 0.0635. The molecular formula is C19H16N4O4. The van der Waals surface area contributed by atoms with Gasteiger partial charge < -0.3 is 14.6 Å². The number of carbonyl (C=O) groups is 2. The van der Waals surface area contributed by atoms with Crippen molar-refractivity contribution in [3.8, 4) is 11.4 Å². The van der Waals surface area contributed by atoms with Crippen molar-refractivity contribution in [1.82, 2.24) is 15.1 Å². The van der Waals surface area contributed by atoms with Gasteiger partial charge in [0.1, 0.15) is 0 Å². The molecule has 3 aromatic rings. The topological polar surface area (TPSA) is 107 Å². The Morgan fingerprint density at radius 1 is 1.30 bits per heavy atom. The van der Waals surface area contributed by atoms with Crippen LogP contribution in [0.4, 0.5) is 5.69 Å². The number of nitrogens with one attached hydrogen (secondary N) is 1. The number of anilines is 1. The molecule has 8 nitrogen and oxygen atoms in total. The number of rotatable bonds is 4. The zero-order valence-electron chi connectivity index (χ0n) is 14.5. The Labute approximate surface area is 154 Å². The summed E-state index contributed by atoms with van der Waals surface area (Å²) in [6.07, 6.45) is 3.57. The van der Waals surface area contributed by atoms with Crippen LogP contribution in [0, 0.1) is 0 Å². The smallest absolute Gasteiger partial charge is 0.338 e. The molecule has 0 unspecified atom stereocenters. The number of fused-ring (bicyclic) bond motifs is 1. The number of benzene rings is 1. The van der Waals surface area contributed by atoms with E-state index in [-0.39, 0.29) is 11.8 Å². The van der Waals surface area contributed by atoms with Crippen molar-refractivity contribution in [3.05, 3.63) is 59.7 Å². The Bertz CT molecular complexity index is 1000. The van der Waals surface area contributed by atoms with Gasteiger partial charge in [-0.05, 0) is 49.2 Å². The van der Waals surface area contributed by atoms with Gasteiger partial charge in [0.2, 0.25) is 11.7 Å². The third-order valence-corrected chi connectivity index (χ3v) is 4.23. The highest BCUT2D eigenvalue weighted by molar-refractivity contribution is 5.96. The van der Waals surface area contributed by atoms with Gasteiger partial charge in [-0.2, -0.15) is 4.98 Å². The van der Waals surface area contributed by atoms with Crippen LogP contribution in [0.25, 0.3) is 11.4 Å². The van der Waals surface area contributed by atoms with E-state index in [0.717, 1.165) is 11.3 Å². The highest BCUT2D eigenvalue weighted by atomic mass is 16.6. The summed E-state index contributed by atoms with van der Waals surface area (Å²) in [7, 11) is 0. The molecule has 0 bridgehead atoms. The lowest BCUT2D eigenvalue weighted by Gasteiger charge is -2.17. The van der Waals surface area contributed by atoms with Crippen molar-refractivity contribution in [2.75, 3.05) is 5.32 Å². The summed E-state index contributed by atoms with van der Waals surface area (Å²) in [6.45, 7) is 1.66. The SMILES string of the molecule is C[C@@H](OC(=O)c1ccc2c(c1)CCC(=O)N2)c1nc(-c2cccnc2)no1. The summed E-state index contributed by atoms with van der Waals surface area (Å²) < 4.78 is 10.7. The molecular weight excluding hydrogens is 348 g/mol. The summed E-state index contributed by atoms with van der Waals surface area (Å²) in [4.78, 5) is 32.1. The normalized spacial score (nSPS) is 14.2. The molecule has 1 atom stereocenters. The molecule has 27 heavy (non-hydrogen) atoms. The van der Waals surface area contributed by atoms with Crippen molar-refractivity contribution in [3.63, 3.8) is 0 Å². The highest BCUT2D eigenvalue weighted by Crippen LogP contribution is 2.25.